The van der Waals surface area contributed by atoms with Crippen molar-refractivity contribution < 1.29 is 9.53 Å². The molecule has 1 N–H and O–H groups in total. The Hall–Kier alpha value is -1.26. The van der Waals surface area contributed by atoms with Gasteiger partial charge in [0.25, 0.3) is 0 Å². The maximum Gasteiger partial charge on any atom is 0.234 e. The SMILES string of the molecule is CN(CCOc1cccc(Cl)c1)CC(=O)NC1CCCCC1. The first-order chi connectivity index (χ1) is 10.6. The summed E-state index contributed by atoms with van der Waals surface area (Å²) < 4.78 is 5.63. The van der Waals surface area contributed by atoms with Gasteiger partial charge < -0.3 is 10.1 Å². The maximum atomic E-state index is 12.0. The van der Waals surface area contributed by atoms with E-state index in [4.69, 9.17) is 16.3 Å². The number of hydrogen-bond donors (Lipinski definition) is 1. The Kier molecular flexibility index (Phi) is 7.00. The zero-order chi connectivity index (χ0) is 15.8. The first kappa shape index (κ1) is 17.1. The van der Waals surface area contributed by atoms with Crippen molar-refractivity contribution in [3.63, 3.8) is 0 Å². The van der Waals surface area contributed by atoms with E-state index in [1.807, 2.05) is 30.1 Å². The van der Waals surface area contributed by atoms with Crippen LogP contribution in [0.25, 0.3) is 0 Å². The van der Waals surface area contributed by atoms with Gasteiger partial charge in [-0.2, -0.15) is 0 Å². The second-order valence-electron chi connectivity index (χ2n) is 5.95. The second-order valence-corrected chi connectivity index (χ2v) is 6.38. The number of nitrogens with zero attached hydrogens (tertiary/aromatic N) is 1. The molecule has 1 aromatic carbocycles. The zero-order valence-electron chi connectivity index (χ0n) is 13.2. The molecule has 1 aliphatic carbocycles. The average Bonchev–Trinajstić information content (AvgIpc) is 2.48. The van der Waals surface area contributed by atoms with Crippen LogP contribution in [0.4, 0.5) is 0 Å². The molecule has 1 fully saturated rings. The minimum absolute atomic E-state index is 0.108. The van der Waals surface area contributed by atoms with Crippen LogP contribution < -0.4 is 10.1 Å². The number of nitrogens with one attached hydrogen (secondary N) is 1. The van der Waals surface area contributed by atoms with Crippen LogP contribution in [0.3, 0.4) is 0 Å². The number of benzene rings is 1. The number of carbonyl (C=O) groups is 1. The predicted molar refractivity (Wildman–Crippen MR) is 89.5 cm³/mol. The summed E-state index contributed by atoms with van der Waals surface area (Å²) in [5.74, 6) is 0.865. The van der Waals surface area contributed by atoms with Crippen molar-refractivity contribution >= 4 is 17.5 Å². The topological polar surface area (TPSA) is 41.6 Å². The van der Waals surface area contributed by atoms with E-state index in [0.29, 0.717) is 30.8 Å². The first-order valence-electron chi connectivity index (χ1n) is 8.00. The molecule has 22 heavy (non-hydrogen) atoms. The number of ether oxygens (including phenoxy) is 1. The molecule has 0 aromatic heterocycles. The van der Waals surface area contributed by atoms with Crippen LogP contribution in [0.1, 0.15) is 32.1 Å². The Bertz CT molecular complexity index is 475. The fraction of sp³-hybridized carbons (Fsp3) is 0.588. The summed E-state index contributed by atoms with van der Waals surface area (Å²) in [6.45, 7) is 1.65. The van der Waals surface area contributed by atoms with Gasteiger partial charge in [-0.3, -0.25) is 9.69 Å². The van der Waals surface area contributed by atoms with Gasteiger partial charge >= 0.3 is 0 Å². The Morgan fingerprint density at radius 3 is 2.86 bits per heavy atom. The third-order valence-electron chi connectivity index (χ3n) is 3.92. The number of hydrogen-bond acceptors (Lipinski definition) is 3. The number of likely N-dealkylation sites (N-methyl/N-ethyl adjacent to an activating group) is 1. The molecule has 4 nitrogen and oxygen atoms in total. The molecule has 0 radical (unpaired) electrons. The summed E-state index contributed by atoms with van der Waals surface area (Å²) in [4.78, 5) is 14.0. The van der Waals surface area contributed by atoms with E-state index in [0.717, 1.165) is 18.6 Å². The van der Waals surface area contributed by atoms with Crippen molar-refractivity contribution in [2.24, 2.45) is 0 Å². The van der Waals surface area contributed by atoms with E-state index in [1.54, 1.807) is 6.07 Å². The highest BCUT2D eigenvalue weighted by molar-refractivity contribution is 6.30. The van der Waals surface area contributed by atoms with Crippen LogP contribution in [-0.2, 0) is 4.79 Å². The van der Waals surface area contributed by atoms with Crippen molar-refractivity contribution in [3.05, 3.63) is 29.3 Å². The van der Waals surface area contributed by atoms with Gasteiger partial charge in [-0.15, -0.1) is 0 Å². The summed E-state index contributed by atoms with van der Waals surface area (Å²) in [5, 5.41) is 3.79. The molecular formula is C17H25ClN2O2. The van der Waals surface area contributed by atoms with Crippen molar-refractivity contribution in [3.8, 4) is 5.75 Å². The van der Waals surface area contributed by atoms with Crippen LogP contribution in [0, 0.1) is 0 Å². The summed E-state index contributed by atoms with van der Waals surface area (Å²) in [6, 6.07) is 7.71. The van der Waals surface area contributed by atoms with Gasteiger partial charge in [0.15, 0.2) is 0 Å². The minimum atomic E-state index is 0.108. The molecule has 0 unspecified atom stereocenters. The smallest absolute Gasteiger partial charge is 0.234 e. The third-order valence-corrected chi connectivity index (χ3v) is 4.16. The minimum Gasteiger partial charge on any atom is -0.492 e. The molecule has 1 aromatic rings. The Balaban J connectivity index is 1.62. The van der Waals surface area contributed by atoms with Crippen LogP contribution >= 0.6 is 11.6 Å². The quantitative estimate of drug-likeness (QED) is 0.838. The zero-order valence-corrected chi connectivity index (χ0v) is 13.9. The molecule has 5 heteroatoms. The lowest BCUT2D eigenvalue weighted by molar-refractivity contribution is -0.122. The van der Waals surface area contributed by atoms with Crippen molar-refractivity contribution in [2.75, 3.05) is 26.7 Å². The molecule has 2 rings (SSSR count). The fourth-order valence-corrected chi connectivity index (χ4v) is 2.90. The van der Waals surface area contributed by atoms with Crippen molar-refractivity contribution in [1.29, 1.82) is 0 Å². The van der Waals surface area contributed by atoms with E-state index >= 15 is 0 Å². The molecule has 0 spiro atoms. The number of halogens is 1. The molecule has 0 atom stereocenters. The molecule has 0 aliphatic heterocycles. The van der Waals surface area contributed by atoms with E-state index in [1.165, 1.54) is 19.3 Å². The summed E-state index contributed by atoms with van der Waals surface area (Å²) >= 11 is 5.90. The molecule has 0 bridgehead atoms. The largest absolute Gasteiger partial charge is 0.492 e. The molecule has 0 heterocycles. The van der Waals surface area contributed by atoms with E-state index in [2.05, 4.69) is 5.32 Å². The normalized spacial score (nSPS) is 15.8. The van der Waals surface area contributed by atoms with Crippen LogP contribution in [0.5, 0.6) is 5.75 Å². The maximum absolute atomic E-state index is 12.0. The molecule has 1 amide bonds. The van der Waals surface area contributed by atoms with Gasteiger partial charge in [0.05, 0.1) is 6.54 Å². The molecule has 122 valence electrons. The summed E-state index contributed by atoms with van der Waals surface area (Å²) in [5.41, 5.74) is 0. The Morgan fingerprint density at radius 2 is 2.14 bits per heavy atom. The lowest BCUT2D eigenvalue weighted by Gasteiger charge is -2.24. The van der Waals surface area contributed by atoms with Crippen molar-refractivity contribution in [1.82, 2.24) is 10.2 Å². The van der Waals surface area contributed by atoms with Gasteiger partial charge in [0.1, 0.15) is 12.4 Å². The lowest BCUT2D eigenvalue weighted by atomic mass is 9.95. The number of rotatable bonds is 7. The average molecular weight is 325 g/mol. The number of carbonyl (C=O) groups excluding carboxylic acids is 1. The predicted octanol–water partition coefficient (Wildman–Crippen LogP) is 3.10. The summed E-state index contributed by atoms with van der Waals surface area (Å²) in [7, 11) is 1.93. The second kappa shape index (κ2) is 9.01. The number of amides is 1. The fourth-order valence-electron chi connectivity index (χ4n) is 2.72. The van der Waals surface area contributed by atoms with Gasteiger partial charge in [-0.05, 0) is 38.1 Å². The standard InChI is InChI=1S/C17H25ClN2O2/c1-20(10-11-22-16-9-5-6-14(18)12-16)13-17(21)19-15-7-3-2-4-8-15/h5-6,9,12,15H,2-4,7-8,10-11,13H2,1H3,(H,19,21). The molecular weight excluding hydrogens is 300 g/mol. The van der Waals surface area contributed by atoms with Crippen LogP contribution in [-0.4, -0.2) is 43.6 Å². The molecule has 1 aliphatic rings. The summed E-state index contributed by atoms with van der Waals surface area (Å²) in [6.07, 6.45) is 6.00. The first-order valence-corrected chi connectivity index (χ1v) is 8.37. The van der Waals surface area contributed by atoms with E-state index < -0.39 is 0 Å². The monoisotopic (exact) mass is 324 g/mol. The van der Waals surface area contributed by atoms with Crippen LogP contribution in [0.2, 0.25) is 5.02 Å². The van der Waals surface area contributed by atoms with Gasteiger partial charge in [-0.1, -0.05) is 36.9 Å². The molecule has 1 saturated carbocycles. The highest BCUT2D eigenvalue weighted by Crippen LogP contribution is 2.18. The van der Waals surface area contributed by atoms with Crippen LogP contribution in [0.15, 0.2) is 24.3 Å². The highest BCUT2D eigenvalue weighted by atomic mass is 35.5. The van der Waals surface area contributed by atoms with Gasteiger partial charge in [-0.25, -0.2) is 0 Å². The Labute approximate surface area is 137 Å². The Morgan fingerprint density at radius 1 is 1.36 bits per heavy atom. The molecule has 0 saturated heterocycles. The van der Waals surface area contributed by atoms with Crippen molar-refractivity contribution in [2.45, 2.75) is 38.1 Å². The van der Waals surface area contributed by atoms with Gasteiger partial charge in [0, 0.05) is 17.6 Å². The highest BCUT2D eigenvalue weighted by Gasteiger charge is 2.16. The van der Waals surface area contributed by atoms with E-state index in [-0.39, 0.29) is 5.91 Å². The third kappa shape index (κ3) is 6.24. The lowest BCUT2D eigenvalue weighted by Crippen LogP contribution is -2.42. The van der Waals surface area contributed by atoms with Gasteiger partial charge in [0.2, 0.25) is 5.91 Å². The van der Waals surface area contributed by atoms with E-state index in [9.17, 15) is 4.79 Å².